The monoisotopic (exact) mass is 285 g/mol. The molecule has 3 heteroatoms. The first kappa shape index (κ1) is 15.4. The Bertz CT molecular complexity index is 653. The summed E-state index contributed by atoms with van der Waals surface area (Å²) in [6.45, 7) is 8.28. The molecule has 2 aromatic rings. The van der Waals surface area contributed by atoms with Gasteiger partial charge in [0.05, 0.1) is 0 Å². The maximum Gasteiger partial charge on any atom is 0.202 e. The van der Waals surface area contributed by atoms with E-state index < -0.39 is 0 Å². The molecule has 0 fully saturated rings. The molecule has 2 rings (SSSR count). The van der Waals surface area contributed by atoms with Gasteiger partial charge < -0.3 is 9.30 Å². The van der Waals surface area contributed by atoms with Crippen molar-refractivity contribution in [2.24, 2.45) is 7.05 Å². The van der Waals surface area contributed by atoms with Crippen molar-refractivity contribution in [1.29, 1.82) is 0 Å². The lowest BCUT2D eigenvalue weighted by atomic mass is 10.0. The lowest BCUT2D eigenvalue weighted by molar-refractivity contribution is 0.0920. The van der Waals surface area contributed by atoms with Gasteiger partial charge in [0.25, 0.3) is 0 Å². The van der Waals surface area contributed by atoms with Crippen LogP contribution in [0.25, 0.3) is 0 Å². The van der Waals surface area contributed by atoms with Crippen molar-refractivity contribution >= 4 is 5.78 Å². The highest BCUT2D eigenvalue weighted by molar-refractivity contribution is 5.98. The van der Waals surface area contributed by atoms with E-state index >= 15 is 0 Å². The van der Waals surface area contributed by atoms with Crippen molar-refractivity contribution < 1.29 is 9.53 Å². The number of hydrogen-bond donors (Lipinski definition) is 0. The van der Waals surface area contributed by atoms with Crippen LogP contribution < -0.4 is 4.74 Å². The standard InChI is InChI=1S/C18H23NO2/c1-12(2)15-8-6-7-9-18(15)21-11-17(20)16-10-13(3)19(5)14(16)4/h6-10,12H,11H2,1-5H3. The van der Waals surface area contributed by atoms with Gasteiger partial charge in [0.1, 0.15) is 5.75 Å². The zero-order valence-corrected chi connectivity index (χ0v) is 13.4. The average molecular weight is 285 g/mol. The van der Waals surface area contributed by atoms with Gasteiger partial charge in [-0.15, -0.1) is 0 Å². The van der Waals surface area contributed by atoms with E-state index in [1.54, 1.807) is 0 Å². The predicted octanol–water partition coefficient (Wildman–Crippen LogP) is 4.03. The molecule has 0 N–H and O–H groups in total. The van der Waals surface area contributed by atoms with Crippen molar-refractivity contribution in [1.82, 2.24) is 4.57 Å². The second kappa shape index (κ2) is 6.17. The molecule has 0 amide bonds. The van der Waals surface area contributed by atoms with E-state index in [0.29, 0.717) is 5.92 Å². The molecule has 1 aromatic heterocycles. The molecule has 0 aliphatic carbocycles. The van der Waals surface area contributed by atoms with Crippen LogP contribution in [0.3, 0.4) is 0 Å². The van der Waals surface area contributed by atoms with Crippen molar-refractivity contribution in [2.45, 2.75) is 33.6 Å². The second-order valence-corrected chi connectivity index (χ2v) is 5.75. The van der Waals surface area contributed by atoms with E-state index in [1.165, 1.54) is 0 Å². The highest BCUT2D eigenvalue weighted by Crippen LogP contribution is 2.26. The molecular formula is C18H23NO2. The number of rotatable bonds is 5. The molecule has 3 nitrogen and oxygen atoms in total. The third-order valence-electron chi connectivity index (χ3n) is 3.98. The smallest absolute Gasteiger partial charge is 0.202 e. The molecule has 1 heterocycles. The van der Waals surface area contributed by atoms with Gasteiger partial charge in [0.2, 0.25) is 5.78 Å². The normalized spacial score (nSPS) is 11.0. The maximum atomic E-state index is 12.3. The Kier molecular flexibility index (Phi) is 4.51. The molecule has 1 aromatic carbocycles. The summed E-state index contributed by atoms with van der Waals surface area (Å²) >= 11 is 0. The highest BCUT2D eigenvalue weighted by Gasteiger charge is 2.15. The minimum atomic E-state index is 0.0229. The number of hydrogen-bond acceptors (Lipinski definition) is 2. The van der Waals surface area contributed by atoms with Gasteiger partial charge >= 0.3 is 0 Å². The van der Waals surface area contributed by atoms with Crippen LogP contribution in [0.5, 0.6) is 5.75 Å². The minimum absolute atomic E-state index is 0.0229. The van der Waals surface area contributed by atoms with Crippen LogP contribution in [0.15, 0.2) is 30.3 Å². The molecule has 0 aliphatic rings. The Balaban J connectivity index is 2.13. The van der Waals surface area contributed by atoms with Gasteiger partial charge in [-0.3, -0.25) is 4.79 Å². The molecule has 112 valence electrons. The summed E-state index contributed by atoms with van der Waals surface area (Å²) in [5.41, 5.74) is 3.94. The van der Waals surface area contributed by atoms with Gasteiger partial charge in [0.15, 0.2) is 6.61 Å². The van der Waals surface area contributed by atoms with E-state index in [4.69, 9.17) is 4.74 Å². The van der Waals surface area contributed by atoms with Gasteiger partial charge in [-0.25, -0.2) is 0 Å². The molecule has 21 heavy (non-hydrogen) atoms. The number of aryl methyl sites for hydroxylation is 1. The van der Waals surface area contributed by atoms with Crippen molar-refractivity contribution in [2.75, 3.05) is 6.61 Å². The molecule has 0 bridgehead atoms. The number of benzene rings is 1. The number of ether oxygens (including phenoxy) is 1. The van der Waals surface area contributed by atoms with Crippen molar-refractivity contribution in [3.63, 3.8) is 0 Å². The Morgan fingerprint density at radius 2 is 1.90 bits per heavy atom. The number of ketones is 1. The summed E-state index contributed by atoms with van der Waals surface area (Å²) in [7, 11) is 1.97. The summed E-state index contributed by atoms with van der Waals surface area (Å²) in [6.07, 6.45) is 0. The Labute approximate surface area is 126 Å². The summed E-state index contributed by atoms with van der Waals surface area (Å²) < 4.78 is 7.78. The van der Waals surface area contributed by atoms with E-state index in [1.807, 2.05) is 55.8 Å². The predicted molar refractivity (Wildman–Crippen MR) is 85.2 cm³/mol. The summed E-state index contributed by atoms with van der Waals surface area (Å²) in [6, 6.07) is 9.82. The quantitative estimate of drug-likeness (QED) is 0.777. The van der Waals surface area contributed by atoms with Gasteiger partial charge in [-0.05, 0) is 37.5 Å². The van der Waals surface area contributed by atoms with Crippen LogP contribution in [0.1, 0.15) is 47.1 Å². The first-order chi connectivity index (χ1) is 9.91. The van der Waals surface area contributed by atoms with Gasteiger partial charge in [-0.1, -0.05) is 32.0 Å². The summed E-state index contributed by atoms with van der Waals surface area (Å²) in [4.78, 5) is 12.3. The van der Waals surface area contributed by atoms with Crippen LogP contribution in [0.4, 0.5) is 0 Å². The fraction of sp³-hybridized carbons (Fsp3) is 0.389. The zero-order valence-electron chi connectivity index (χ0n) is 13.4. The second-order valence-electron chi connectivity index (χ2n) is 5.75. The lowest BCUT2D eigenvalue weighted by Gasteiger charge is -2.13. The molecule has 0 spiro atoms. The topological polar surface area (TPSA) is 31.2 Å². The number of para-hydroxylation sites is 1. The van der Waals surface area contributed by atoms with E-state index in [-0.39, 0.29) is 12.4 Å². The molecule has 0 radical (unpaired) electrons. The number of carbonyl (C=O) groups is 1. The minimum Gasteiger partial charge on any atom is -0.485 e. The first-order valence-corrected chi connectivity index (χ1v) is 7.29. The van der Waals surface area contributed by atoms with Crippen LogP contribution in [-0.4, -0.2) is 17.0 Å². The lowest BCUT2D eigenvalue weighted by Crippen LogP contribution is -2.13. The Hall–Kier alpha value is -2.03. The Morgan fingerprint density at radius 1 is 1.24 bits per heavy atom. The van der Waals surface area contributed by atoms with Gasteiger partial charge in [0, 0.05) is 24.0 Å². The molecule has 0 saturated carbocycles. The fourth-order valence-electron chi connectivity index (χ4n) is 2.45. The van der Waals surface area contributed by atoms with Crippen LogP contribution in [0, 0.1) is 13.8 Å². The summed E-state index contributed by atoms with van der Waals surface area (Å²) in [5, 5.41) is 0. The highest BCUT2D eigenvalue weighted by atomic mass is 16.5. The average Bonchev–Trinajstić information content (AvgIpc) is 2.72. The molecule has 0 unspecified atom stereocenters. The molecule has 0 aliphatic heterocycles. The van der Waals surface area contributed by atoms with Crippen molar-refractivity contribution in [3.8, 4) is 5.75 Å². The number of aromatic nitrogens is 1. The zero-order chi connectivity index (χ0) is 15.6. The largest absolute Gasteiger partial charge is 0.485 e. The van der Waals surface area contributed by atoms with E-state index in [9.17, 15) is 4.79 Å². The number of nitrogens with zero attached hydrogens (tertiary/aromatic N) is 1. The van der Waals surface area contributed by atoms with E-state index in [0.717, 1.165) is 28.3 Å². The van der Waals surface area contributed by atoms with Crippen molar-refractivity contribution in [3.05, 3.63) is 52.8 Å². The third kappa shape index (κ3) is 3.18. The fourth-order valence-corrected chi connectivity index (χ4v) is 2.45. The van der Waals surface area contributed by atoms with E-state index in [2.05, 4.69) is 13.8 Å². The van der Waals surface area contributed by atoms with Gasteiger partial charge in [-0.2, -0.15) is 0 Å². The van der Waals surface area contributed by atoms with Crippen LogP contribution in [-0.2, 0) is 7.05 Å². The first-order valence-electron chi connectivity index (χ1n) is 7.29. The van der Waals surface area contributed by atoms with Crippen LogP contribution >= 0.6 is 0 Å². The molecular weight excluding hydrogens is 262 g/mol. The number of carbonyl (C=O) groups excluding carboxylic acids is 1. The number of Topliss-reactive ketones (excluding diaryl/α,β-unsaturated/α-hetero) is 1. The SMILES string of the molecule is Cc1cc(C(=O)COc2ccccc2C(C)C)c(C)n1C. The molecule has 0 atom stereocenters. The molecule has 0 saturated heterocycles. The Morgan fingerprint density at radius 3 is 2.48 bits per heavy atom. The third-order valence-corrected chi connectivity index (χ3v) is 3.98. The summed E-state index contributed by atoms with van der Waals surface area (Å²) in [5.74, 6) is 1.19. The van der Waals surface area contributed by atoms with Crippen LogP contribution in [0.2, 0.25) is 0 Å². The maximum absolute atomic E-state index is 12.3.